The van der Waals surface area contributed by atoms with Gasteiger partial charge in [0.05, 0.1) is 11.1 Å². The van der Waals surface area contributed by atoms with Gasteiger partial charge in [-0.1, -0.05) is 13.8 Å². The third-order valence-corrected chi connectivity index (χ3v) is 3.24. The van der Waals surface area contributed by atoms with E-state index in [1.807, 2.05) is 24.8 Å². The van der Waals surface area contributed by atoms with Crippen molar-refractivity contribution in [2.24, 2.45) is 11.3 Å². The molecule has 0 fully saturated rings. The summed E-state index contributed by atoms with van der Waals surface area (Å²) in [6.45, 7) is 9.08. The van der Waals surface area contributed by atoms with Gasteiger partial charge in [-0.25, -0.2) is 0 Å². The largest absolute Gasteiger partial charge is 0.490 e. The van der Waals surface area contributed by atoms with Gasteiger partial charge in [0.15, 0.2) is 0 Å². The zero-order chi connectivity index (χ0) is 14.2. The Morgan fingerprint density at radius 2 is 2.11 bits per heavy atom. The molecule has 0 unspecified atom stereocenters. The fourth-order valence-electron chi connectivity index (χ4n) is 2.21. The summed E-state index contributed by atoms with van der Waals surface area (Å²) in [7, 11) is 0. The van der Waals surface area contributed by atoms with Crippen molar-refractivity contribution < 1.29 is 9.53 Å². The standard InChI is InChI=1S/C15H22N2O2/c1-10(2)8-17-12-6-5-11(16)7-13(12)19-9-15(3,4)14(17)18/h5-7,10H,8-9,16H2,1-4H3. The molecule has 2 N–H and O–H groups in total. The van der Waals surface area contributed by atoms with Gasteiger partial charge in [-0.3, -0.25) is 4.79 Å². The minimum Gasteiger partial charge on any atom is -0.490 e. The van der Waals surface area contributed by atoms with Crippen LogP contribution in [0.15, 0.2) is 18.2 Å². The molecule has 104 valence electrons. The number of amides is 1. The van der Waals surface area contributed by atoms with Gasteiger partial charge >= 0.3 is 0 Å². The Kier molecular flexibility index (Phi) is 3.43. The Labute approximate surface area is 114 Å². The van der Waals surface area contributed by atoms with Crippen LogP contribution in [0.2, 0.25) is 0 Å². The summed E-state index contributed by atoms with van der Waals surface area (Å²) in [5, 5.41) is 0. The highest BCUT2D eigenvalue weighted by Gasteiger charge is 2.37. The summed E-state index contributed by atoms with van der Waals surface area (Å²) in [4.78, 5) is 14.5. The zero-order valence-electron chi connectivity index (χ0n) is 12.1. The number of nitrogen functional groups attached to an aromatic ring is 1. The zero-order valence-corrected chi connectivity index (χ0v) is 12.1. The molecule has 1 amide bonds. The van der Waals surface area contributed by atoms with Gasteiger partial charge in [0, 0.05) is 18.3 Å². The molecule has 2 rings (SSSR count). The van der Waals surface area contributed by atoms with Crippen molar-refractivity contribution in [3.05, 3.63) is 18.2 Å². The third-order valence-electron chi connectivity index (χ3n) is 3.24. The molecule has 0 spiro atoms. The van der Waals surface area contributed by atoms with Crippen LogP contribution >= 0.6 is 0 Å². The van der Waals surface area contributed by atoms with Crippen LogP contribution in [0.25, 0.3) is 0 Å². The lowest BCUT2D eigenvalue weighted by Crippen LogP contribution is -2.43. The van der Waals surface area contributed by atoms with Gasteiger partial charge in [0.2, 0.25) is 5.91 Å². The van der Waals surface area contributed by atoms with Gasteiger partial charge in [0.25, 0.3) is 0 Å². The maximum Gasteiger partial charge on any atom is 0.236 e. The van der Waals surface area contributed by atoms with Crippen molar-refractivity contribution in [1.29, 1.82) is 0 Å². The van der Waals surface area contributed by atoms with Gasteiger partial charge in [-0.15, -0.1) is 0 Å². The Bertz CT molecular complexity index is 495. The van der Waals surface area contributed by atoms with E-state index in [2.05, 4.69) is 13.8 Å². The molecule has 0 atom stereocenters. The molecule has 1 heterocycles. The quantitative estimate of drug-likeness (QED) is 0.834. The highest BCUT2D eigenvalue weighted by Crippen LogP contribution is 2.37. The first-order valence-electron chi connectivity index (χ1n) is 6.65. The van der Waals surface area contributed by atoms with Crippen molar-refractivity contribution in [2.45, 2.75) is 27.7 Å². The molecule has 1 aromatic carbocycles. The van der Waals surface area contributed by atoms with E-state index in [9.17, 15) is 4.79 Å². The number of nitrogens with two attached hydrogens (primary N) is 1. The number of fused-ring (bicyclic) bond motifs is 1. The van der Waals surface area contributed by atoms with Crippen LogP contribution in [0, 0.1) is 11.3 Å². The molecule has 0 radical (unpaired) electrons. The summed E-state index contributed by atoms with van der Waals surface area (Å²) in [6, 6.07) is 5.46. The van der Waals surface area contributed by atoms with Crippen LogP contribution in [-0.2, 0) is 4.79 Å². The fourth-order valence-corrected chi connectivity index (χ4v) is 2.21. The van der Waals surface area contributed by atoms with Crippen LogP contribution in [0.1, 0.15) is 27.7 Å². The summed E-state index contributed by atoms with van der Waals surface area (Å²) in [6.07, 6.45) is 0. The van der Waals surface area contributed by atoms with E-state index in [-0.39, 0.29) is 5.91 Å². The molecule has 1 aliphatic heterocycles. The molecule has 4 nitrogen and oxygen atoms in total. The average Bonchev–Trinajstić information content (AvgIpc) is 2.40. The molecule has 0 bridgehead atoms. The topological polar surface area (TPSA) is 55.6 Å². The fraction of sp³-hybridized carbons (Fsp3) is 0.533. The number of carbonyl (C=O) groups is 1. The van der Waals surface area contributed by atoms with Crippen molar-refractivity contribution in [1.82, 2.24) is 0 Å². The number of anilines is 2. The van der Waals surface area contributed by atoms with Gasteiger partial charge in [-0.05, 0) is 31.9 Å². The molecule has 1 aromatic rings. The molecule has 0 saturated carbocycles. The van der Waals surface area contributed by atoms with E-state index in [1.54, 1.807) is 12.1 Å². The van der Waals surface area contributed by atoms with Crippen LogP contribution in [0.3, 0.4) is 0 Å². The maximum atomic E-state index is 12.7. The van der Waals surface area contributed by atoms with Gasteiger partial charge in [-0.2, -0.15) is 0 Å². The summed E-state index contributed by atoms with van der Waals surface area (Å²) < 4.78 is 5.78. The number of hydrogen-bond donors (Lipinski definition) is 1. The Morgan fingerprint density at radius 3 is 2.74 bits per heavy atom. The summed E-state index contributed by atoms with van der Waals surface area (Å²) >= 11 is 0. The van der Waals surface area contributed by atoms with Crippen molar-refractivity contribution >= 4 is 17.3 Å². The van der Waals surface area contributed by atoms with E-state index >= 15 is 0 Å². The van der Waals surface area contributed by atoms with E-state index in [4.69, 9.17) is 10.5 Å². The second kappa shape index (κ2) is 4.76. The van der Waals surface area contributed by atoms with E-state index in [0.29, 0.717) is 30.5 Å². The molecular weight excluding hydrogens is 240 g/mol. The summed E-state index contributed by atoms with van der Waals surface area (Å²) in [5.41, 5.74) is 6.74. The minimum absolute atomic E-state index is 0.102. The second-order valence-electron chi connectivity index (χ2n) is 6.21. The average molecular weight is 262 g/mol. The lowest BCUT2D eigenvalue weighted by molar-refractivity contribution is -0.127. The highest BCUT2D eigenvalue weighted by molar-refractivity contribution is 5.99. The Balaban J connectivity index is 2.49. The number of rotatable bonds is 2. The maximum absolute atomic E-state index is 12.7. The van der Waals surface area contributed by atoms with Crippen LogP contribution in [-0.4, -0.2) is 19.1 Å². The predicted molar refractivity (Wildman–Crippen MR) is 77.3 cm³/mol. The minimum atomic E-state index is -0.525. The molecule has 19 heavy (non-hydrogen) atoms. The number of nitrogens with zero attached hydrogens (tertiary/aromatic N) is 1. The SMILES string of the molecule is CC(C)CN1C(=O)C(C)(C)COc2cc(N)ccc21. The first kappa shape index (κ1) is 13.7. The van der Waals surface area contributed by atoms with E-state index < -0.39 is 5.41 Å². The highest BCUT2D eigenvalue weighted by atomic mass is 16.5. The smallest absolute Gasteiger partial charge is 0.236 e. The van der Waals surface area contributed by atoms with Crippen molar-refractivity contribution in [3.63, 3.8) is 0 Å². The lowest BCUT2D eigenvalue weighted by Gasteiger charge is -2.29. The molecule has 0 saturated heterocycles. The molecule has 0 aromatic heterocycles. The summed E-state index contributed by atoms with van der Waals surface area (Å²) in [5.74, 6) is 1.19. The predicted octanol–water partition coefficient (Wildman–Crippen LogP) is 2.68. The number of hydrogen-bond acceptors (Lipinski definition) is 3. The first-order chi connectivity index (χ1) is 8.81. The van der Waals surface area contributed by atoms with Gasteiger partial charge < -0.3 is 15.4 Å². The number of benzene rings is 1. The molecule has 0 aliphatic carbocycles. The second-order valence-corrected chi connectivity index (χ2v) is 6.21. The normalized spacial score (nSPS) is 17.9. The van der Waals surface area contributed by atoms with E-state index in [1.165, 1.54) is 0 Å². The molecular formula is C15H22N2O2. The number of ether oxygens (including phenoxy) is 1. The number of carbonyl (C=O) groups excluding carboxylic acids is 1. The monoisotopic (exact) mass is 262 g/mol. The van der Waals surface area contributed by atoms with Crippen LogP contribution in [0.5, 0.6) is 5.75 Å². The van der Waals surface area contributed by atoms with Crippen molar-refractivity contribution in [2.75, 3.05) is 23.8 Å². The van der Waals surface area contributed by atoms with Gasteiger partial charge in [0.1, 0.15) is 12.4 Å². The Hall–Kier alpha value is -1.71. The third kappa shape index (κ3) is 2.67. The molecule has 4 heteroatoms. The molecule has 1 aliphatic rings. The Morgan fingerprint density at radius 1 is 1.42 bits per heavy atom. The van der Waals surface area contributed by atoms with Crippen molar-refractivity contribution in [3.8, 4) is 5.75 Å². The van der Waals surface area contributed by atoms with Crippen LogP contribution < -0.4 is 15.4 Å². The van der Waals surface area contributed by atoms with Crippen LogP contribution in [0.4, 0.5) is 11.4 Å². The van der Waals surface area contributed by atoms with E-state index in [0.717, 1.165) is 5.69 Å². The first-order valence-corrected chi connectivity index (χ1v) is 6.65. The lowest BCUT2D eigenvalue weighted by atomic mass is 9.92.